The first kappa shape index (κ1) is 16.4. The normalized spacial score (nSPS) is 17.0. The van der Waals surface area contributed by atoms with Gasteiger partial charge >= 0.3 is 0 Å². The highest BCUT2D eigenvalue weighted by Crippen LogP contribution is 2.31. The molecule has 0 saturated carbocycles. The highest BCUT2D eigenvalue weighted by atomic mass is 19.1. The van der Waals surface area contributed by atoms with Crippen LogP contribution in [0.5, 0.6) is 5.75 Å². The molecular formula is C18H19FN2O3. The number of fused-ring (bicyclic) bond motifs is 1. The van der Waals surface area contributed by atoms with Crippen LogP contribution >= 0.6 is 0 Å². The molecule has 24 heavy (non-hydrogen) atoms. The van der Waals surface area contributed by atoms with Crippen molar-refractivity contribution in [3.8, 4) is 5.75 Å². The molecule has 0 aliphatic carbocycles. The Morgan fingerprint density at radius 3 is 2.96 bits per heavy atom. The van der Waals surface area contributed by atoms with Crippen LogP contribution in [0.2, 0.25) is 0 Å². The number of aliphatic hydroxyl groups excluding tert-OH is 1. The number of aliphatic hydroxyl groups is 1. The lowest BCUT2D eigenvalue weighted by Gasteiger charge is -2.17. The highest BCUT2D eigenvalue weighted by Gasteiger charge is 2.31. The molecule has 0 radical (unpaired) electrons. The van der Waals surface area contributed by atoms with Crippen molar-refractivity contribution in [2.45, 2.75) is 18.9 Å². The molecule has 0 bridgehead atoms. The number of nitrogens with one attached hydrogen (secondary N) is 1. The Morgan fingerprint density at radius 2 is 2.25 bits per heavy atom. The molecule has 0 spiro atoms. The van der Waals surface area contributed by atoms with E-state index >= 15 is 0 Å². The first-order chi connectivity index (χ1) is 11.7. The summed E-state index contributed by atoms with van der Waals surface area (Å²) in [6.45, 7) is 0.252. The number of nitrogens with zero attached hydrogens (tertiary/aromatic N) is 1. The van der Waals surface area contributed by atoms with Gasteiger partial charge in [-0.2, -0.15) is 0 Å². The number of benzene rings is 1. The zero-order chi connectivity index (χ0) is 16.9. The summed E-state index contributed by atoms with van der Waals surface area (Å²) in [7, 11) is 0. The molecule has 1 amide bonds. The fourth-order valence-electron chi connectivity index (χ4n) is 2.75. The standard InChI is InChI=1S/C18H19FN2O3/c19-15-6-3-4-13-9-16(24-17(13)15)18(23)21-10-12(11-22)8-14-5-1-2-7-20-14/h1-7,12,16,22H,8-11H2,(H,21,23). The van der Waals surface area contributed by atoms with Gasteiger partial charge in [0.25, 0.3) is 5.91 Å². The molecule has 0 fully saturated rings. The summed E-state index contributed by atoms with van der Waals surface area (Å²) in [5.74, 6) is -0.731. The van der Waals surface area contributed by atoms with Crippen LogP contribution in [0, 0.1) is 11.7 Å². The van der Waals surface area contributed by atoms with Gasteiger partial charge in [-0.15, -0.1) is 0 Å². The van der Waals surface area contributed by atoms with E-state index in [9.17, 15) is 14.3 Å². The molecule has 2 N–H and O–H groups in total. The van der Waals surface area contributed by atoms with Crippen LogP contribution in [0.1, 0.15) is 11.3 Å². The lowest BCUT2D eigenvalue weighted by molar-refractivity contribution is -0.127. The molecule has 0 saturated heterocycles. The van der Waals surface area contributed by atoms with E-state index in [2.05, 4.69) is 10.3 Å². The quantitative estimate of drug-likeness (QED) is 0.842. The van der Waals surface area contributed by atoms with E-state index in [1.54, 1.807) is 18.3 Å². The SMILES string of the molecule is O=C(NCC(CO)Cc1ccccn1)C1Cc2cccc(F)c2O1. The van der Waals surface area contributed by atoms with Crippen LogP contribution in [-0.4, -0.2) is 35.3 Å². The molecule has 2 unspecified atom stereocenters. The van der Waals surface area contributed by atoms with Gasteiger partial charge in [0.15, 0.2) is 17.7 Å². The second-order valence-electron chi connectivity index (χ2n) is 5.86. The second-order valence-corrected chi connectivity index (χ2v) is 5.86. The second kappa shape index (κ2) is 7.40. The highest BCUT2D eigenvalue weighted by molar-refractivity contribution is 5.82. The summed E-state index contributed by atoms with van der Waals surface area (Å²) in [6, 6.07) is 10.3. The number of ether oxygens (including phenoxy) is 1. The van der Waals surface area contributed by atoms with Crippen LogP contribution in [0.15, 0.2) is 42.6 Å². The van der Waals surface area contributed by atoms with Gasteiger partial charge in [0.1, 0.15) is 0 Å². The van der Waals surface area contributed by atoms with E-state index in [1.165, 1.54) is 6.07 Å². The fraction of sp³-hybridized carbons (Fsp3) is 0.333. The third kappa shape index (κ3) is 3.71. The lowest BCUT2D eigenvalue weighted by Crippen LogP contribution is -2.40. The van der Waals surface area contributed by atoms with E-state index in [0.717, 1.165) is 5.69 Å². The Bertz CT molecular complexity index is 709. The van der Waals surface area contributed by atoms with Crippen molar-refractivity contribution >= 4 is 5.91 Å². The lowest BCUT2D eigenvalue weighted by atomic mass is 10.0. The number of hydrogen-bond donors (Lipinski definition) is 2. The molecule has 2 heterocycles. The van der Waals surface area contributed by atoms with Crippen LogP contribution < -0.4 is 10.1 Å². The maximum absolute atomic E-state index is 13.6. The molecule has 1 aromatic carbocycles. The average molecular weight is 330 g/mol. The third-order valence-electron chi connectivity index (χ3n) is 4.05. The van der Waals surface area contributed by atoms with Gasteiger partial charge in [0.05, 0.1) is 0 Å². The number of carbonyl (C=O) groups is 1. The Morgan fingerprint density at radius 1 is 1.38 bits per heavy atom. The Balaban J connectivity index is 1.53. The Hall–Kier alpha value is -2.47. The third-order valence-corrected chi connectivity index (χ3v) is 4.05. The Kier molecular flexibility index (Phi) is 5.05. The first-order valence-corrected chi connectivity index (χ1v) is 7.90. The first-order valence-electron chi connectivity index (χ1n) is 7.90. The summed E-state index contributed by atoms with van der Waals surface area (Å²) < 4.78 is 19.1. The van der Waals surface area contributed by atoms with Gasteiger partial charge in [-0.3, -0.25) is 9.78 Å². The minimum absolute atomic E-state index is 0.0583. The van der Waals surface area contributed by atoms with E-state index in [0.29, 0.717) is 24.9 Å². The van der Waals surface area contributed by atoms with E-state index in [4.69, 9.17) is 4.74 Å². The minimum Gasteiger partial charge on any atom is -0.477 e. The van der Waals surface area contributed by atoms with Gasteiger partial charge in [0, 0.05) is 42.9 Å². The molecule has 1 aromatic heterocycles. The topological polar surface area (TPSA) is 71.5 Å². The van der Waals surface area contributed by atoms with E-state index in [1.807, 2.05) is 18.2 Å². The maximum Gasteiger partial charge on any atom is 0.261 e. The number of para-hydroxylation sites is 1. The largest absolute Gasteiger partial charge is 0.477 e. The predicted octanol–water partition coefficient (Wildman–Crippen LogP) is 1.49. The van der Waals surface area contributed by atoms with Crippen molar-refractivity contribution in [2.24, 2.45) is 5.92 Å². The smallest absolute Gasteiger partial charge is 0.261 e. The number of amides is 1. The zero-order valence-corrected chi connectivity index (χ0v) is 13.1. The number of carbonyl (C=O) groups excluding carboxylic acids is 1. The fourth-order valence-corrected chi connectivity index (χ4v) is 2.75. The van der Waals surface area contributed by atoms with Crippen molar-refractivity contribution in [1.29, 1.82) is 0 Å². The van der Waals surface area contributed by atoms with Gasteiger partial charge in [0.2, 0.25) is 0 Å². The molecule has 2 atom stereocenters. The van der Waals surface area contributed by atoms with Crippen molar-refractivity contribution < 1.29 is 19.0 Å². The number of pyridine rings is 1. The summed E-state index contributed by atoms with van der Waals surface area (Å²) in [5.41, 5.74) is 1.56. The van der Waals surface area contributed by atoms with Crippen LogP contribution in [-0.2, 0) is 17.6 Å². The van der Waals surface area contributed by atoms with E-state index < -0.39 is 11.9 Å². The van der Waals surface area contributed by atoms with Gasteiger partial charge in [-0.25, -0.2) is 4.39 Å². The van der Waals surface area contributed by atoms with Crippen molar-refractivity contribution in [1.82, 2.24) is 10.3 Å². The van der Waals surface area contributed by atoms with Crippen molar-refractivity contribution in [3.63, 3.8) is 0 Å². The summed E-state index contributed by atoms with van der Waals surface area (Å²) in [5, 5.41) is 12.3. The monoisotopic (exact) mass is 330 g/mol. The molecule has 2 aromatic rings. The molecule has 5 nitrogen and oxygen atoms in total. The van der Waals surface area contributed by atoms with E-state index in [-0.39, 0.29) is 24.2 Å². The summed E-state index contributed by atoms with van der Waals surface area (Å²) >= 11 is 0. The van der Waals surface area contributed by atoms with Crippen LogP contribution in [0.25, 0.3) is 0 Å². The van der Waals surface area contributed by atoms with Crippen molar-refractivity contribution in [3.05, 3.63) is 59.7 Å². The number of hydrogen-bond acceptors (Lipinski definition) is 4. The minimum atomic E-state index is -0.730. The number of aromatic nitrogens is 1. The molecule has 126 valence electrons. The predicted molar refractivity (Wildman–Crippen MR) is 86.0 cm³/mol. The molecule has 6 heteroatoms. The molecule has 1 aliphatic heterocycles. The number of rotatable bonds is 6. The number of halogens is 1. The van der Waals surface area contributed by atoms with Crippen LogP contribution in [0.4, 0.5) is 4.39 Å². The molecular weight excluding hydrogens is 311 g/mol. The average Bonchev–Trinajstić information content (AvgIpc) is 3.05. The van der Waals surface area contributed by atoms with Crippen molar-refractivity contribution in [2.75, 3.05) is 13.2 Å². The van der Waals surface area contributed by atoms with Gasteiger partial charge < -0.3 is 15.2 Å². The zero-order valence-electron chi connectivity index (χ0n) is 13.1. The molecule has 3 rings (SSSR count). The van der Waals surface area contributed by atoms with Gasteiger partial charge in [-0.1, -0.05) is 18.2 Å². The van der Waals surface area contributed by atoms with Crippen LogP contribution in [0.3, 0.4) is 0 Å². The summed E-state index contributed by atoms with van der Waals surface area (Å²) in [6.07, 6.45) is 1.88. The molecule has 1 aliphatic rings. The van der Waals surface area contributed by atoms with Gasteiger partial charge in [-0.05, 0) is 24.6 Å². The Labute approximate surface area is 139 Å². The summed E-state index contributed by atoms with van der Waals surface area (Å²) in [4.78, 5) is 16.5. The maximum atomic E-state index is 13.6.